The Morgan fingerprint density at radius 1 is 1.44 bits per heavy atom. The van der Waals surface area contributed by atoms with Crippen molar-refractivity contribution in [3.05, 3.63) is 23.8 Å². The van der Waals surface area contributed by atoms with Crippen molar-refractivity contribution in [3.8, 4) is 0 Å². The summed E-state index contributed by atoms with van der Waals surface area (Å²) in [6.07, 6.45) is 0.478. The highest BCUT2D eigenvalue weighted by Crippen LogP contribution is 2.28. The van der Waals surface area contributed by atoms with Crippen molar-refractivity contribution in [2.75, 3.05) is 23.8 Å². The summed E-state index contributed by atoms with van der Waals surface area (Å²) in [4.78, 5) is 13.5. The van der Waals surface area contributed by atoms with E-state index in [1.54, 1.807) is 0 Å². The number of nitrogens with one attached hydrogen (secondary N) is 1. The van der Waals surface area contributed by atoms with E-state index in [-0.39, 0.29) is 5.91 Å². The number of hydrogen-bond donors (Lipinski definition) is 2. The van der Waals surface area contributed by atoms with E-state index in [1.807, 2.05) is 12.1 Å². The number of rotatable bonds is 4. The molecular weight excluding hydrogens is 226 g/mol. The molecular formula is C14H21N3O. The monoisotopic (exact) mass is 247 g/mol. The molecule has 1 unspecified atom stereocenters. The van der Waals surface area contributed by atoms with Gasteiger partial charge in [0.25, 0.3) is 0 Å². The van der Waals surface area contributed by atoms with E-state index < -0.39 is 0 Å². The van der Waals surface area contributed by atoms with Crippen molar-refractivity contribution < 1.29 is 4.79 Å². The van der Waals surface area contributed by atoms with Gasteiger partial charge in [0, 0.05) is 31.0 Å². The second-order valence-corrected chi connectivity index (χ2v) is 5.22. The Labute approximate surface area is 108 Å². The molecule has 98 valence electrons. The topological polar surface area (TPSA) is 58.4 Å². The van der Waals surface area contributed by atoms with E-state index in [9.17, 15) is 4.79 Å². The molecule has 2 rings (SSSR count). The minimum absolute atomic E-state index is 0.0732. The number of hydrogen-bond acceptors (Lipinski definition) is 3. The molecule has 4 heteroatoms. The van der Waals surface area contributed by atoms with E-state index in [0.717, 1.165) is 16.9 Å². The number of likely N-dealkylation sites (N-methyl/N-ethyl adjacent to an activating group) is 1. The quantitative estimate of drug-likeness (QED) is 0.849. The summed E-state index contributed by atoms with van der Waals surface area (Å²) in [5.74, 6) is 0.567. The molecule has 4 nitrogen and oxygen atoms in total. The lowest BCUT2D eigenvalue weighted by molar-refractivity contribution is -0.115. The van der Waals surface area contributed by atoms with E-state index in [4.69, 9.17) is 5.73 Å². The predicted octanol–water partition coefficient (Wildman–Crippen LogP) is 1.60. The maximum Gasteiger partial charge on any atom is 0.228 e. The molecule has 3 N–H and O–H groups in total. The van der Waals surface area contributed by atoms with Crippen LogP contribution in [0.2, 0.25) is 0 Å². The van der Waals surface area contributed by atoms with Gasteiger partial charge in [0.2, 0.25) is 5.91 Å². The lowest BCUT2D eigenvalue weighted by atomic mass is 10.0. The van der Waals surface area contributed by atoms with Crippen molar-refractivity contribution in [1.29, 1.82) is 0 Å². The van der Waals surface area contributed by atoms with Crippen LogP contribution in [0.15, 0.2) is 18.2 Å². The van der Waals surface area contributed by atoms with Gasteiger partial charge in [-0.25, -0.2) is 0 Å². The molecule has 0 bridgehead atoms. The first kappa shape index (κ1) is 12.9. The van der Waals surface area contributed by atoms with Crippen LogP contribution in [-0.2, 0) is 11.2 Å². The molecule has 1 amide bonds. The van der Waals surface area contributed by atoms with E-state index in [1.165, 1.54) is 0 Å². The van der Waals surface area contributed by atoms with Crippen LogP contribution < -0.4 is 16.0 Å². The molecule has 18 heavy (non-hydrogen) atoms. The zero-order valence-electron chi connectivity index (χ0n) is 11.2. The maximum atomic E-state index is 11.3. The third-order valence-electron chi connectivity index (χ3n) is 3.63. The average Bonchev–Trinajstić information content (AvgIpc) is 2.68. The summed E-state index contributed by atoms with van der Waals surface area (Å²) in [6.45, 7) is 4.97. The zero-order valence-corrected chi connectivity index (χ0v) is 11.2. The van der Waals surface area contributed by atoms with Gasteiger partial charge in [-0.2, -0.15) is 0 Å². The number of nitrogens with two attached hydrogens (primary N) is 1. The molecule has 1 atom stereocenters. The number of amides is 1. The molecule has 0 spiro atoms. The fraction of sp³-hybridized carbons (Fsp3) is 0.500. The number of carbonyl (C=O) groups excluding carboxylic acids is 1. The third-order valence-corrected chi connectivity index (χ3v) is 3.63. The predicted molar refractivity (Wildman–Crippen MR) is 74.9 cm³/mol. The van der Waals surface area contributed by atoms with Gasteiger partial charge in [-0.05, 0) is 29.7 Å². The number of anilines is 2. The van der Waals surface area contributed by atoms with Gasteiger partial charge >= 0.3 is 0 Å². The molecule has 0 aromatic heterocycles. The summed E-state index contributed by atoms with van der Waals surface area (Å²) < 4.78 is 0. The normalized spacial score (nSPS) is 15.5. The van der Waals surface area contributed by atoms with Crippen LogP contribution in [0.4, 0.5) is 11.4 Å². The minimum atomic E-state index is 0.0732. The smallest absolute Gasteiger partial charge is 0.228 e. The fourth-order valence-electron chi connectivity index (χ4n) is 2.50. The van der Waals surface area contributed by atoms with Crippen molar-refractivity contribution in [1.82, 2.24) is 0 Å². The molecule has 1 aliphatic rings. The molecule has 0 saturated heterocycles. The van der Waals surface area contributed by atoms with E-state index in [2.05, 4.69) is 37.2 Å². The first-order valence-electron chi connectivity index (χ1n) is 6.38. The van der Waals surface area contributed by atoms with Crippen LogP contribution in [0.5, 0.6) is 0 Å². The summed E-state index contributed by atoms with van der Waals surface area (Å²) in [5.41, 5.74) is 8.97. The van der Waals surface area contributed by atoms with Crippen molar-refractivity contribution >= 4 is 17.3 Å². The molecule has 1 aromatic rings. The van der Waals surface area contributed by atoms with Gasteiger partial charge < -0.3 is 16.0 Å². The second-order valence-electron chi connectivity index (χ2n) is 5.22. The summed E-state index contributed by atoms with van der Waals surface area (Å²) in [5, 5.41) is 2.85. The van der Waals surface area contributed by atoms with Gasteiger partial charge in [-0.15, -0.1) is 0 Å². The summed E-state index contributed by atoms with van der Waals surface area (Å²) in [7, 11) is 2.06. The van der Waals surface area contributed by atoms with Crippen LogP contribution in [0.1, 0.15) is 19.4 Å². The maximum absolute atomic E-state index is 11.3. The Bertz CT molecular complexity index is 456. The Morgan fingerprint density at radius 3 is 2.78 bits per heavy atom. The lowest BCUT2D eigenvalue weighted by Crippen LogP contribution is -2.41. The molecule has 0 saturated carbocycles. The first-order chi connectivity index (χ1) is 8.52. The van der Waals surface area contributed by atoms with Crippen molar-refractivity contribution in [2.24, 2.45) is 11.7 Å². The van der Waals surface area contributed by atoms with Gasteiger partial charge in [0.05, 0.1) is 6.42 Å². The average molecular weight is 247 g/mol. The third kappa shape index (κ3) is 2.34. The Balaban J connectivity index is 2.24. The van der Waals surface area contributed by atoms with E-state index in [0.29, 0.717) is 24.9 Å². The van der Waals surface area contributed by atoms with Crippen LogP contribution in [0.3, 0.4) is 0 Å². The van der Waals surface area contributed by atoms with E-state index >= 15 is 0 Å². The zero-order chi connectivity index (χ0) is 13.3. The Morgan fingerprint density at radius 2 is 2.17 bits per heavy atom. The highest BCUT2D eigenvalue weighted by molar-refractivity contribution is 5.99. The van der Waals surface area contributed by atoms with Gasteiger partial charge in [-0.3, -0.25) is 4.79 Å². The molecule has 1 aromatic carbocycles. The largest absolute Gasteiger partial charge is 0.370 e. The standard InChI is InChI=1S/C14H21N3O/c1-9(2)13(8-15)17(3)11-4-5-12-10(6-11)7-14(18)16-12/h4-6,9,13H,7-8,15H2,1-3H3,(H,16,18). The number of benzene rings is 1. The van der Waals surface area contributed by atoms with Crippen LogP contribution in [0.25, 0.3) is 0 Å². The molecule has 1 heterocycles. The van der Waals surface area contributed by atoms with Crippen molar-refractivity contribution in [3.63, 3.8) is 0 Å². The van der Waals surface area contributed by atoms with Gasteiger partial charge in [0.15, 0.2) is 0 Å². The molecule has 0 aliphatic carbocycles. The Kier molecular flexibility index (Phi) is 3.57. The molecule has 0 fully saturated rings. The number of nitrogens with zero attached hydrogens (tertiary/aromatic N) is 1. The van der Waals surface area contributed by atoms with Gasteiger partial charge in [0.1, 0.15) is 0 Å². The minimum Gasteiger partial charge on any atom is -0.370 e. The van der Waals surface area contributed by atoms with Crippen LogP contribution in [-0.4, -0.2) is 25.5 Å². The molecule has 1 aliphatic heterocycles. The second kappa shape index (κ2) is 4.98. The fourth-order valence-corrected chi connectivity index (χ4v) is 2.50. The lowest BCUT2D eigenvalue weighted by Gasteiger charge is -2.32. The molecule has 0 radical (unpaired) electrons. The van der Waals surface area contributed by atoms with Crippen molar-refractivity contribution in [2.45, 2.75) is 26.3 Å². The summed E-state index contributed by atoms with van der Waals surface area (Å²) >= 11 is 0. The number of fused-ring (bicyclic) bond motifs is 1. The number of carbonyl (C=O) groups is 1. The SMILES string of the molecule is CC(C)C(CN)N(C)c1ccc2c(c1)CC(=O)N2. The first-order valence-corrected chi connectivity index (χ1v) is 6.38. The van der Waals surface area contributed by atoms with Gasteiger partial charge in [-0.1, -0.05) is 13.8 Å². The highest BCUT2D eigenvalue weighted by Gasteiger charge is 2.21. The van der Waals surface area contributed by atoms with Crippen LogP contribution in [0, 0.1) is 5.92 Å². The Hall–Kier alpha value is -1.55. The summed E-state index contributed by atoms with van der Waals surface area (Å²) in [6, 6.07) is 6.40. The highest BCUT2D eigenvalue weighted by atomic mass is 16.1. The van der Waals surface area contributed by atoms with Crippen LogP contribution >= 0.6 is 0 Å².